The van der Waals surface area contributed by atoms with Crippen LogP contribution in [0.5, 0.6) is 5.75 Å². The highest BCUT2D eigenvalue weighted by atomic mass is 19.1. The van der Waals surface area contributed by atoms with Crippen LogP contribution in [0.2, 0.25) is 0 Å². The van der Waals surface area contributed by atoms with E-state index in [0.29, 0.717) is 16.9 Å². The summed E-state index contributed by atoms with van der Waals surface area (Å²) in [5, 5.41) is 0. The van der Waals surface area contributed by atoms with Crippen LogP contribution >= 0.6 is 0 Å². The molecule has 114 valence electrons. The normalized spacial score (nSPS) is 10.1. The lowest BCUT2D eigenvalue weighted by Gasteiger charge is -2.07. The van der Waals surface area contributed by atoms with E-state index in [-0.39, 0.29) is 12.2 Å². The zero-order valence-corrected chi connectivity index (χ0v) is 11.8. The first-order valence-electron chi connectivity index (χ1n) is 6.40. The quantitative estimate of drug-likeness (QED) is 0.860. The number of rotatable bonds is 5. The van der Waals surface area contributed by atoms with Crippen LogP contribution in [0.4, 0.5) is 4.39 Å². The van der Waals surface area contributed by atoms with Crippen molar-refractivity contribution in [2.75, 3.05) is 7.11 Å². The van der Waals surface area contributed by atoms with Crippen LogP contribution in [0.3, 0.4) is 0 Å². The number of methoxy groups -OCH3 is 1. The molecule has 0 aliphatic heterocycles. The summed E-state index contributed by atoms with van der Waals surface area (Å²) in [4.78, 5) is 22.8. The number of esters is 1. The van der Waals surface area contributed by atoms with Gasteiger partial charge in [-0.25, -0.2) is 9.18 Å². The van der Waals surface area contributed by atoms with E-state index in [1.807, 2.05) is 0 Å². The Balaban J connectivity index is 2.02. The Morgan fingerprint density at radius 1 is 1.14 bits per heavy atom. The van der Waals surface area contributed by atoms with Crippen molar-refractivity contribution in [1.29, 1.82) is 0 Å². The van der Waals surface area contributed by atoms with E-state index < -0.39 is 17.7 Å². The van der Waals surface area contributed by atoms with Crippen molar-refractivity contribution in [3.05, 3.63) is 65.0 Å². The first-order chi connectivity index (χ1) is 10.5. The Hall–Kier alpha value is -2.89. The van der Waals surface area contributed by atoms with Gasteiger partial charge >= 0.3 is 5.97 Å². The second-order valence-electron chi connectivity index (χ2n) is 4.48. The van der Waals surface area contributed by atoms with Gasteiger partial charge in [0.25, 0.3) is 0 Å². The molecule has 0 spiro atoms. The molecule has 0 aliphatic carbocycles. The molecule has 0 heterocycles. The third kappa shape index (κ3) is 3.60. The summed E-state index contributed by atoms with van der Waals surface area (Å²) in [6.07, 6.45) is 0. The van der Waals surface area contributed by atoms with Crippen molar-refractivity contribution < 1.29 is 23.5 Å². The van der Waals surface area contributed by atoms with Crippen LogP contribution in [0.15, 0.2) is 42.5 Å². The maximum atomic E-state index is 13.7. The molecular weight excluding hydrogens is 289 g/mol. The maximum absolute atomic E-state index is 13.7. The van der Waals surface area contributed by atoms with Gasteiger partial charge in [-0.15, -0.1) is 0 Å². The van der Waals surface area contributed by atoms with Gasteiger partial charge in [-0.1, -0.05) is 12.1 Å². The van der Waals surface area contributed by atoms with Gasteiger partial charge in [0.05, 0.1) is 12.7 Å². The molecule has 0 aliphatic rings. The number of amides is 1. The van der Waals surface area contributed by atoms with Crippen molar-refractivity contribution in [3.63, 3.8) is 0 Å². The average Bonchev–Trinajstić information content (AvgIpc) is 2.52. The lowest BCUT2D eigenvalue weighted by Crippen LogP contribution is -2.11. The molecule has 0 unspecified atom stereocenters. The van der Waals surface area contributed by atoms with Gasteiger partial charge in [-0.3, -0.25) is 4.79 Å². The second kappa shape index (κ2) is 6.71. The summed E-state index contributed by atoms with van der Waals surface area (Å²) in [5.74, 6) is -1.72. The molecule has 1 amide bonds. The lowest BCUT2D eigenvalue weighted by molar-refractivity contribution is 0.0467. The molecule has 5 nitrogen and oxygen atoms in total. The molecule has 0 radical (unpaired) electrons. The Morgan fingerprint density at radius 3 is 2.36 bits per heavy atom. The number of primary amides is 1. The van der Waals surface area contributed by atoms with Crippen molar-refractivity contribution in [2.45, 2.75) is 6.61 Å². The van der Waals surface area contributed by atoms with Crippen LogP contribution in [0.25, 0.3) is 0 Å². The first kappa shape index (κ1) is 15.5. The average molecular weight is 303 g/mol. The van der Waals surface area contributed by atoms with Gasteiger partial charge in [0, 0.05) is 11.6 Å². The number of nitrogens with two attached hydrogens (primary N) is 1. The van der Waals surface area contributed by atoms with E-state index in [1.54, 1.807) is 12.1 Å². The number of carbonyl (C=O) groups is 2. The highest BCUT2D eigenvalue weighted by molar-refractivity contribution is 5.92. The third-order valence-electron chi connectivity index (χ3n) is 3.00. The summed E-state index contributed by atoms with van der Waals surface area (Å²) >= 11 is 0. The Morgan fingerprint density at radius 2 is 1.82 bits per heavy atom. The van der Waals surface area contributed by atoms with E-state index in [9.17, 15) is 14.0 Å². The summed E-state index contributed by atoms with van der Waals surface area (Å²) in [5.41, 5.74) is 5.97. The molecule has 2 rings (SSSR count). The fourth-order valence-electron chi connectivity index (χ4n) is 1.78. The van der Waals surface area contributed by atoms with E-state index in [2.05, 4.69) is 0 Å². The zero-order chi connectivity index (χ0) is 16.1. The molecule has 0 bridgehead atoms. The molecule has 0 fully saturated rings. The SMILES string of the molecule is COc1ccc(C(=O)OCc2ccc(C(N)=O)cc2)c(F)c1. The van der Waals surface area contributed by atoms with Crippen LogP contribution in [-0.4, -0.2) is 19.0 Å². The molecule has 2 N–H and O–H groups in total. The number of carbonyl (C=O) groups excluding carboxylic acids is 2. The van der Waals surface area contributed by atoms with Gasteiger partial charge in [0.15, 0.2) is 0 Å². The molecule has 2 aromatic rings. The van der Waals surface area contributed by atoms with Gasteiger partial charge in [-0.05, 0) is 29.8 Å². The van der Waals surface area contributed by atoms with E-state index in [1.165, 1.54) is 31.4 Å². The molecule has 0 aromatic heterocycles. The smallest absolute Gasteiger partial charge is 0.341 e. The van der Waals surface area contributed by atoms with Crippen LogP contribution in [0, 0.1) is 5.82 Å². The standard InChI is InChI=1S/C16H14FNO4/c1-21-12-6-7-13(14(17)8-12)16(20)22-9-10-2-4-11(5-3-10)15(18)19/h2-8H,9H2,1H3,(H2,18,19). The zero-order valence-electron chi connectivity index (χ0n) is 11.8. The summed E-state index contributed by atoms with van der Waals surface area (Å²) in [6, 6.07) is 10.2. The molecule has 2 aromatic carbocycles. The van der Waals surface area contributed by atoms with Gasteiger partial charge in [0.2, 0.25) is 5.91 Å². The molecule has 6 heteroatoms. The van der Waals surface area contributed by atoms with Crippen molar-refractivity contribution in [1.82, 2.24) is 0 Å². The van der Waals surface area contributed by atoms with Crippen LogP contribution < -0.4 is 10.5 Å². The monoisotopic (exact) mass is 303 g/mol. The predicted molar refractivity (Wildman–Crippen MR) is 77.0 cm³/mol. The van der Waals surface area contributed by atoms with Gasteiger partial charge in [0.1, 0.15) is 18.2 Å². The Kier molecular flexibility index (Phi) is 4.73. The van der Waals surface area contributed by atoms with Gasteiger partial charge in [-0.2, -0.15) is 0 Å². The topological polar surface area (TPSA) is 78.6 Å². The Labute approximate surface area is 126 Å². The molecule has 0 saturated heterocycles. The molecule has 22 heavy (non-hydrogen) atoms. The minimum Gasteiger partial charge on any atom is -0.497 e. The van der Waals surface area contributed by atoms with E-state index >= 15 is 0 Å². The molecule has 0 saturated carbocycles. The fraction of sp³-hybridized carbons (Fsp3) is 0.125. The van der Waals surface area contributed by atoms with E-state index in [0.717, 1.165) is 6.07 Å². The van der Waals surface area contributed by atoms with Crippen molar-refractivity contribution in [2.24, 2.45) is 5.73 Å². The number of benzene rings is 2. The van der Waals surface area contributed by atoms with Crippen molar-refractivity contribution >= 4 is 11.9 Å². The van der Waals surface area contributed by atoms with E-state index in [4.69, 9.17) is 15.2 Å². The largest absolute Gasteiger partial charge is 0.497 e. The van der Waals surface area contributed by atoms with Crippen LogP contribution in [0.1, 0.15) is 26.3 Å². The fourth-order valence-corrected chi connectivity index (χ4v) is 1.78. The predicted octanol–water partition coefficient (Wildman–Crippen LogP) is 2.29. The minimum atomic E-state index is -0.779. The number of halogens is 1. The summed E-state index contributed by atoms with van der Waals surface area (Å²) < 4.78 is 23.6. The summed E-state index contributed by atoms with van der Waals surface area (Å²) in [6.45, 7) is -0.0383. The van der Waals surface area contributed by atoms with Crippen molar-refractivity contribution in [3.8, 4) is 5.75 Å². The highest BCUT2D eigenvalue weighted by Gasteiger charge is 2.14. The van der Waals surface area contributed by atoms with Gasteiger partial charge < -0.3 is 15.2 Å². The second-order valence-corrected chi connectivity index (χ2v) is 4.48. The minimum absolute atomic E-state index is 0.0383. The lowest BCUT2D eigenvalue weighted by atomic mass is 10.1. The highest BCUT2D eigenvalue weighted by Crippen LogP contribution is 2.17. The first-order valence-corrected chi connectivity index (χ1v) is 6.40. The third-order valence-corrected chi connectivity index (χ3v) is 3.00. The summed E-state index contributed by atoms with van der Waals surface area (Å²) in [7, 11) is 1.41. The maximum Gasteiger partial charge on any atom is 0.341 e. The number of ether oxygens (including phenoxy) is 2. The number of hydrogen-bond acceptors (Lipinski definition) is 4. The Bertz CT molecular complexity index is 698. The molecule has 0 atom stereocenters. The molecular formula is C16H14FNO4. The number of hydrogen-bond donors (Lipinski definition) is 1. The van der Waals surface area contributed by atoms with Crippen LogP contribution in [-0.2, 0) is 11.3 Å².